The Kier molecular flexibility index (Phi) is 6.65. The predicted octanol–water partition coefficient (Wildman–Crippen LogP) is 4.09. The summed E-state index contributed by atoms with van der Waals surface area (Å²) < 4.78 is 26.2. The van der Waals surface area contributed by atoms with E-state index in [1.807, 2.05) is 70.2 Å². The fourth-order valence-corrected chi connectivity index (χ4v) is 4.05. The molecule has 0 aliphatic carbocycles. The number of benzene rings is 2. The van der Waals surface area contributed by atoms with Gasteiger partial charge in [0.1, 0.15) is 6.54 Å². The zero-order valence-electron chi connectivity index (χ0n) is 16.6. The Morgan fingerprint density at radius 2 is 1.78 bits per heavy atom. The minimum Gasteiger partial charge on any atom is -0.324 e. The Balaban J connectivity index is 2.39. The summed E-state index contributed by atoms with van der Waals surface area (Å²) in [7, 11) is -3.63. The first-order valence-electron chi connectivity index (χ1n) is 9.10. The maximum Gasteiger partial charge on any atom is 0.245 e. The fraction of sp³-hybridized carbons (Fsp3) is 0.381. The summed E-state index contributed by atoms with van der Waals surface area (Å²) in [6.07, 6.45) is 1.92. The summed E-state index contributed by atoms with van der Waals surface area (Å²) in [5.74, 6) is -0.229. The van der Waals surface area contributed by atoms with Crippen molar-refractivity contribution in [2.75, 3.05) is 22.4 Å². The van der Waals surface area contributed by atoms with Gasteiger partial charge in [0.25, 0.3) is 0 Å². The van der Waals surface area contributed by atoms with Gasteiger partial charge in [0.15, 0.2) is 0 Å². The van der Waals surface area contributed by atoms with Gasteiger partial charge in [0, 0.05) is 5.69 Å². The van der Waals surface area contributed by atoms with Crippen molar-refractivity contribution >= 4 is 27.3 Å². The van der Waals surface area contributed by atoms with Crippen molar-refractivity contribution in [2.45, 2.75) is 40.0 Å². The number of amides is 1. The van der Waals surface area contributed by atoms with E-state index in [1.54, 1.807) is 0 Å². The van der Waals surface area contributed by atoms with E-state index >= 15 is 0 Å². The van der Waals surface area contributed by atoms with Gasteiger partial charge in [-0.15, -0.1) is 0 Å². The molecule has 0 saturated carbocycles. The number of carbonyl (C=O) groups is 1. The number of rotatable bonds is 7. The summed E-state index contributed by atoms with van der Waals surface area (Å²) >= 11 is 0. The zero-order valence-corrected chi connectivity index (χ0v) is 17.4. The number of anilines is 2. The second-order valence-corrected chi connectivity index (χ2v) is 8.90. The Hall–Kier alpha value is -2.34. The number of nitrogens with one attached hydrogen (secondary N) is 1. The quantitative estimate of drug-likeness (QED) is 0.777. The molecule has 146 valence electrons. The largest absolute Gasteiger partial charge is 0.324 e. The molecule has 0 bridgehead atoms. The van der Waals surface area contributed by atoms with Gasteiger partial charge in [-0.25, -0.2) is 8.42 Å². The molecule has 0 unspecified atom stereocenters. The lowest BCUT2D eigenvalue weighted by Gasteiger charge is -2.27. The topological polar surface area (TPSA) is 66.5 Å². The van der Waals surface area contributed by atoms with Gasteiger partial charge in [-0.3, -0.25) is 9.10 Å². The van der Waals surface area contributed by atoms with Crippen molar-refractivity contribution in [1.82, 2.24) is 0 Å². The molecule has 5 nitrogen and oxygen atoms in total. The molecule has 27 heavy (non-hydrogen) atoms. The van der Waals surface area contributed by atoms with Crippen LogP contribution < -0.4 is 9.62 Å². The maximum atomic E-state index is 12.7. The molecule has 0 spiro atoms. The van der Waals surface area contributed by atoms with E-state index < -0.39 is 10.0 Å². The van der Waals surface area contributed by atoms with Gasteiger partial charge in [0.05, 0.1) is 11.9 Å². The minimum absolute atomic E-state index is 0.132. The molecule has 1 N–H and O–H groups in total. The van der Waals surface area contributed by atoms with Crippen molar-refractivity contribution in [3.8, 4) is 0 Å². The van der Waals surface area contributed by atoms with Crippen LogP contribution in [0.2, 0.25) is 0 Å². The van der Waals surface area contributed by atoms with E-state index in [9.17, 15) is 13.2 Å². The Labute approximate surface area is 162 Å². The molecule has 0 radical (unpaired) electrons. The van der Waals surface area contributed by atoms with E-state index in [2.05, 4.69) is 5.32 Å². The SMILES string of the molecule is CCc1ccccc1NC(=O)CN(c1c(C)cccc1C(C)C)S(C)(=O)=O. The van der Waals surface area contributed by atoms with E-state index in [4.69, 9.17) is 0 Å². The van der Waals surface area contributed by atoms with Crippen molar-refractivity contribution in [3.05, 3.63) is 59.2 Å². The molecule has 2 aromatic rings. The first-order valence-corrected chi connectivity index (χ1v) is 10.9. The molecule has 1 amide bonds. The lowest BCUT2D eigenvalue weighted by Crippen LogP contribution is -2.38. The molecular formula is C21H28N2O3S. The third kappa shape index (κ3) is 5.10. The van der Waals surface area contributed by atoms with E-state index in [0.717, 1.165) is 29.4 Å². The number of carbonyl (C=O) groups excluding carboxylic acids is 1. The van der Waals surface area contributed by atoms with Crippen LogP contribution in [-0.4, -0.2) is 27.1 Å². The molecule has 0 aliphatic rings. The first kappa shape index (κ1) is 21.0. The Bertz CT molecular complexity index is 921. The third-order valence-electron chi connectivity index (χ3n) is 4.50. The van der Waals surface area contributed by atoms with Gasteiger partial charge >= 0.3 is 0 Å². The van der Waals surface area contributed by atoms with Gasteiger partial charge in [-0.2, -0.15) is 0 Å². The lowest BCUT2D eigenvalue weighted by atomic mass is 9.98. The van der Waals surface area contributed by atoms with Crippen LogP contribution in [0.25, 0.3) is 0 Å². The Morgan fingerprint density at radius 1 is 1.11 bits per heavy atom. The van der Waals surface area contributed by atoms with Crippen molar-refractivity contribution < 1.29 is 13.2 Å². The number of sulfonamides is 1. The number of aryl methyl sites for hydroxylation is 2. The lowest BCUT2D eigenvalue weighted by molar-refractivity contribution is -0.114. The summed E-state index contributed by atoms with van der Waals surface area (Å²) in [5, 5.41) is 2.86. The molecule has 0 fully saturated rings. The summed E-state index contributed by atoms with van der Waals surface area (Å²) in [4.78, 5) is 12.7. The van der Waals surface area contributed by atoms with Gasteiger partial charge in [0.2, 0.25) is 15.9 Å². The van der Waals surface area contributed by atoms with Crippen LogP contribution in [0.5, 0.6) is 0 Å². The van der Waals surface area contributed by atoms with Crippen LogP contribution in [0.15, 0.2) is 42.5 Å². The predicted molar refractivity (Wildman–Crippen MR) is 112 cm³/mol. The Morgan fingerprint density at radius 3 is 2.37 bits per heavy atom. The molecular weight excluding hydrogens is 360 g/mol. The molecule has 2 rings (SSSR count). The average Bonchev–Trinajstić information content (AvgIpc) is 2.59. The monoisotopic (exact) mass is 388 g/mol. The van der Waals surface area contributed by atoms with Crippen molar-refractivity contribution in [2.24, 2.45) is 0 Å². The summed E-state index contributed by atoms with van der Waals surface area (Å²) in [6.45, 7) is 7.63. The highest BCUT2D eigenvalue weighted by Crippen LogP contribution is 2.32. The molecule has 0 atom stereocenters. The van der Waals surface area contributed by atoms with Crippen LogP contribution in [0.3, 0.4) is 0 Å². The van der Waals surface area contributed by atoms with Crippen LogP contribution in [-0.2, 0) is 21.2 Å². The highest BCUT2D eigenvalue weighted by Gasteiger charge is 2.25. The second kappa shape index (κ2) is 8.57. The van der Waals surface area contributed by atoms with E-state index in [0.29, 0.717) is 11.4 Å². The van der Waals surface area contributed by atoms with Crippen LogP contribution >= 0.6 is 0 Å². The second-order valence-electron chi connectivity index (χ2n) is 7.00. The smallest absolute Gasteiger partial charge is 0.245 e. The first-order chi connectivity index (χ1) is 12.6. The number of nitrogens with zero attached hydrogens (tertiary/aromatic N) is 1. The van der Waals surface area contributed by atoms with E-state index in [1.165, 1.54) is 4.31 Å². The molecule has 0 aliphatic heterocycles. The normalized spacial score (nSPS) is 11.5. The van der Waals surface area contributed by atoms with Crippen LogP contribution in [0.4, 0.5) is 11.4 Å². The summed E-state index contributed by atoms with van der Waals surface area (Å²) in [5.41, 5.74) is 4.05. The van der Waals surface area contributed by atoms with Gasteiger partial charge in [-0.1, -0.05) is 57.2 Å². The molecule has 0 aromatic heterocycles. The third-order valence-corrected chi connectivity index (χ3v) is 5.61. The zero-order chi connectivity index (χ0) is 20.2. The van der Waals surface area contributed by atoms with Crippen LogP contribution in [0, 0.1) is 6.92 Å². The summed E-state index contributed by atoms with van der Waals surface area (Å²) in [6, 6.07) is 13.2. The van der Waals surface area contributed by atoms with E-state index in [-0.39, 0.29) is 18.4 Å². The molecule has 0 heterocycles. The van der Waals surface area contributed by atoms with Crippen LogP contribution in [0.1, 0.15) is 43.4 Å². The van der Waals surface area contributed by atoms with Gasteiger partial charge < -0.3 is 5.32 Å². The number of hydrogen-bond acceptors (Lipinski definition) is 3. The molecule has 6 heteroatoms. The highest BCUT2D eigenvalue weighted by atomic mass is 32.2. The van der Waals surface area contributed by atoms with Crippen molar-refractivity contribution in [3.63, 3.8) is 0 Å². The van der Waals surface area contributed by atoms with Crippen molar-refractivity contribution in [1.29, 1.82) is 0 Å². The fourth-order valence-electron chi connectivity index (χ4n) is 3.12. The maximum absolute atomic E-state index is 12.7. The molecule has 0 saturated heterocycles. The highest BCUT2D eigenvalue weighted by molar-refractivity contribution is 7.92. The van der Waals surface area contributed by atoms with Gasteiger partial charge in [-0.05, 0) is 42.0 Å². The number of para-hydroxylation sites is 2. The average molecular weight is 389 g/mol. The minimum atomic E-state index is -3.63. The standard InChI is InChI=1S/C21H28N2O3S/c1-6-17-11-7-8-13-19(17)22-20(24)14-23(27(5,25)26)21-16(4)10-9-12-18(21)15(2)3/h7-13,15H,6,14H2,1-5H3,(H,22,24). The number of hydrogen-bond donors (Lipinski definition) is 1. The molecule has 2 aromatic carbocycles.